The topological polar surface area (TPSA) is 46.5 Å². The zero-order chi connectivity index (χ0) is 24.7. The molecular formula is C32H50O3. The number of hydrogen-bond acceptors (Lipinski definition) is 2. The summed E-state index contributed by atoms with van der Waals surface area (Å²) in [5.74, 6) is 0.654. The van der Waals surface area contributed by atoms with Crippen LogP contribution in [0.4, 0.5) is 0 Å². The lowest BCUT2D eigenvalue weighted by atomic mass is 9.78. The lowest BCUT2D eigenvalue weighted by Crippen LogP contribution is -2.25. The number of rotatable bonds is 20. The number of carboxylic acid groups (broad SMARTS) is 1. The fourth-order valence-corrected chi connectivity index (χ4v) is 6.24. The molecule has 3 heteroatoms. The van der Waals surface area contributed by atoms with Crippen LogP contribution in [-0.4, -0.2) is 17.7 Å². The number of carboxylic acids is 1. The Kier molecular flexibility index (Phi) is 12.8. The molecule has 2 aliphatic rings. The molecule has 4 unspecified atom stereocenters. The largest absolute Gasteiger partial charge is 0.494 e. The SMILES string of the molecule is CCCCCCCCCCCCCCCCCCOc1ccc(C2C3C=CC(C3)C2C(=O)O)cc1. The first kappa shape index (κ1) is 27.8. The van der Waals surface area contributed by atoms with Crippen molar-refractivity contribution in [2.45, 2.75) is 122 Å². The van der Waals surface area contributed by atoms with Gasteiger partial charge in [-0.3, -0.25) is 4.79 Å². The average molecular weight is 483 g/mol. The van der Waals surface area contributed by atoms with Crippen LogP contribution in [0.5, 0.6) is 5.75 Å². The van der Waals surface area contributed by atoms with E-state index in [1.807, 2.05) is 12.1 Å². The van der Waals surface area contributed by atoms with Crippen molar-refractivity contribution in [1.82, 2.24) is 0 Å². The highest BCUT2D eigenvalue weighted by Gasteiger charge is 2.48. The number of benzene rings is 1. The molecule has 1 N–H and O–H groups in total. The van der Waals surface area contributed by atoms with E-state index >= 15 is 0 Å². The van der Waals surface area contributed by atoms with E-state index in [9.17, 15) is 9.90 Å². The number of ether oxygens (including phenoxy) is 1. The second-order valence-electron chi connectivity index (χ2n) is 11.1. The fourth-order valence-electron chi connectivity index (χ4n) is 6.24. The molecule has 1 aromatic carbocycles. The van der Waals surface area contributed by atoms with Gasteiger partial charge in [0.2, 0.25) is 0 Å². The van der Waals surface area contributed by atoms with Crippen molar-refractivity contribution >= 4 is 5.97 Å². The Bertz CT molecular complexity index is 738. The van der Waals surface area contributed by atoms with Crippen LogP contribution in [0.15, 0.2) is 36.4 Å². The summed E-state index contributed by atoms with van der Waals surface area (Å²) >= 11 is 0. The third-order valence-corrected chi connectivity index (χ3v) is 8.28. The van der Waals surface area contributed by atoms with Gasteiger partial charge in [0, 0.05) is 5.92 Å². The van der Waals surface area contributed by atoms with E-state index in [0.717, 1.165) is 30.8 Å². The van der Waals surface area contributed by atoms with Crippen LogP contribution in [0, 0.1) is 17.8 Å². The van der Waals surface area contributed by atoms with E-state index in [4.69, 9.17) is 4.74 Å². The quantitative estimate of drug-likeness (QED) is 0.149. The minimum Gasteiger partial charge on any atom is -0.494 e. The molecule has 0 saturated heterocycles. The minimum absolute atomic E-state index is 0.108. The van der Waals surface area contributed by atoms with Crippen LogP contribution in [0.1, 0.15) is 128 Å². The predicted octanol–water partition coefficient (Wildman–Crippen LogP) is 9.32. The summed E-state index contributed by atoms with van der Waals surface area (Å²) in [6.45, 7) is 3.06. The molecule has 196 valence electrons. The Balaban J connectivity index is 1.15. The molecule has 0 spiro atoms. The minimum atomic E-state index is -0.657. The number of hydrogen-bond donors (Lipinski definition) is 1. The van der Waals surface area contributed by atoms with Gasteiger partial charge in [-0.05, 0) is 42.4 Å². The summed E-state index contributed by atoms with van der Waals surface area (Å²) < 4.78 is 5.95. The van der Waals surface area contributed by atoms with Crippen LogP contribution in [0.2, 0.25) is 0 Å². The van der Waals surface area contributed by atoms with Crippen LogP contribution >= 0.6 is 0 Å². The molecule has 3 nitrogen and oxygen atoms in total. The Labute approximate surface area is 214 Å². The third-order valence-electron chi connectivity index (χ3n) is 8.28. The molecule has 1 saturated carbocycles. The lowest BCUT2D eigenvalue weighted by molar-refractivity contribution is -0.143. The maximum absolute atomic E-state index is 11.8. The Hall–Kier alpha value is -1.77. The molecule has 0 heterocycles. The maximum atomic E-state index is 11.8. The molecule has 2 aliphatic carbocycles. The number of carbonyl (C=O) groups is 1. The molecule has 2 bridgehead atoms. The number of unbranched alkanes of at least 4 members (excludes halogenated alkanes) is 15. The maximum Gasteiger partial charge on any atom is 0.307 e. The van der Waals surface area contributed by atoms with Gasteiger partial charge in [-0.25, -0.2) is 0 Å². The molecule has 0 aliphatic heterocycles. The first-order chi connectivity index (χ1) is 17.2. The van der Waals surface area contributed by atoms with Crippen LogP contribution < -0.4 is 4.74 Å². The second kappa shape index (κ2) is 16.1. The molecule has 1 aromatic rings. The molecule has 0 aromatic heterocycles. The van der Waals surface area contributed by atoms with Gasteiger partial charge in [-0.1, -0.05) is 128 Å². The molecule has 35 heavy (non-hydrogen) atoms. The third kappa shape index (κ3) is 9.32. The molecular weight excluding hydrogens is 432 g/mol. The van der Waals surface area contributed by atoms with Gasteiger partial charge in [-0.15, -0.1) is 0 Å². The summed E-state index contributed by atoms with van der Waals surface area (Å²) in [4.78, 5) is 11.8. The molecule has 4 atom stereocenters. The first-order valence-corrected chi connectivity index (χ1v) is 14.8. The predicted molar refractivity (Wildman–Crippen MR) is 146 cm³/mol. The Morgan fingerprint density at radius 2 is 1.23 bits per heavy atom. The molecule has 1 fully saturated rings. The highest BCUT2D eigenvalue weighted by Crippen LogP contribution is 2.53. The molecule has 0 radical (unpaired) electrons. The van der Waals surface area contributed by atoms with Gasteiger partial charge in [0.15, 0.2) is 0 Å². The summed E-state index contributed by atoms with van der Waals surface area (Å²) in [6.07, 6.45) is 27.4. The smallest absolute Gasteiger partial charge is 0.307 e. The Morgan fingerprint density at radius 1 is 0.743 bits per heavy atom. The van der Waals surface area contributed by atoms with Crippen molar-refractivity contribution in [3.8, 4) is 5.75 Å². The molecule has 0 amide bonds. The van der Waals surface area contributed by atoms with Gasteiger partial charge < -0.3 is 9.84 Å². The van der Waals surface area contributed by atoms with Crippen LogP contribution in [-0.2, 0) is 4.79 Å². The van der Waals surface area contributed by atoms with Crippen LogP contribution in [0.25, 0.3) is 0 Å². The van der Waals surface area contributed by atoms with Crippen molar-refractivity contribution in [3.63, 3.8) is 0 Å². The number of fused-ring (bicyclic) bond motifs is 2. The van der Waals surface area contributed by atoms with E-state index in [2.05, 4.69) is 31.2 Å². The fraction of sp³-hybridized carbons (Fsp3) is 0.719. The molecule has 3 rings (SSSR count). The van der Waals surface area contributed by atoms with Gasteiger partial charge in [0.1, 0.15) is 5.75 Å². The highest BCUT2D eigenvalue weighted by molar-refractivity contribution is 5.73. The van der Waals surface area contributed by atoms with E-state index in [1.54, 1.807) is 0 Å². The van der Waals surface area contributed by atoms with E-state index in [0.29, 0.717) is 5.92 Å². The lowest BCUT2D eigenvalue weighted by Gasteiger charge is -2.25. The van der Waals surface area contributed by atoms with Gasteiger partial charge >= 0.3 is 5.97 Å². The first-order valence-electron chi connectivity index (χ1n) is 14.8. The van der Waals surface area contributed by atoms with Crippen molar-refractivity contribution in [1.29, 1.82) is 0 Å². The van der Waals surface area contributed by atoms with Crippen molar-refractivity contribution < 1.29 is 14.6 Å². The van der Waals surface area contributed by atoms with Crippen molar-refractivity contribution in [2.75, 3.05) is 6.61 Å². The van der Waals surface area contributed by atoms with Crippen LogP contribution in [0.3, 0.4) is 0 Å². The zero-order valence-corrected chi connectivity index (χ0v) is 22.3. The summed E-state index contributed by atoms with van der Waals surface area (Å²) in [7, 11) is 0. The van der Waals surface area contributed by atoms with E-state index < -0.39 is 5.97 Å². The van der Waals surface area contributed by atoms with Gasteiger partial charge in [0.05, 0.1) is 12.5 Å². The van der Waals surface area contributed by atoms with Crippen molar-refractivity contribution in [3.05, 3.63) is 42.0 Å². The number of allylic oxidation sites excluding steroid dienone is 2. The normalized spacial score (nSPS) is 22.7. The monoisotopic (exact) mass is 482 g/mol. The van der Waals surface area contributed by atoms with Crippen molar-refractivity contribution in [2.24, 2.45) is 17.8 Å². The van der Waals surface area contributed by atoms with E-state index in [1.165, 1.54) is 96.3 Å². The summed E-state index contributed by atoms with van der Waals surface area (Å²) in [5.41, 5.74) is 1.14. The van der Waals surface area contributed by atoms with Gasteiger partial charge in [-0.2, -0.15) is 0 Å². The van der Waals surface area contributed by atoms with E-state index in [-0.39, 0.29) is 17.8 Å². The summed E-state index contributed by atoms with van der Waals surface area (Å²) in [5, 5.41) is 9.68. The summed E-state index contributed by atoms with van der Waals surface area (Å²) in [6, 6.07) is 8.21. The highest BCUT2D eigenvalue weighted by atomic mass is 16.5. The Morgan fingerprint density at radius 3 is 1.74 bits per heavy atom. The zero-order valence-electron chi connectivity index (χ0n) is 22.3. The standard InChI is InChI=1S/C32H50O3/c1-2-3-4-5-6-7-8-9-10-11-12-13-14-15-16-17-24-35-29-22-20-26(21-23-29)30-27-18-19-28(25-27)31(30)32(33)34/h18-23,27-28,30-31H,2-17,24-25H2,1H3,(H,33,34). The number of aliphatic carboxylic acids is 1. The second-order valence-corrected chi connectivity index (χ2v) is 11.1. The van der Waals surface area contributed by atoms with Gasteiger partial charge in [0.25, 0.3) is 0 Å². The average Bonchev–Trinajstić information content (AvgIpc) is 3.48.